The highest BCUT2D eigenvalue weighted by Gasteiger charge is 2.49. The van der Waals surface area contributed by atoms with E-state index in [1.54, 1.807) is 30.3 Å². The van der Waals surface area contributed by atoms with Gasteiger partial charge in [-0.2, -0.15) is 0 Å². The molecule has 1 spiro atoms. The van der Waals surface area contributed by atoms with E-state index in [4.69, 9.17) is 4.74 Å². The normalized spacial score (nSPS) is 23.4. The van der Waals surface area contributed by atoms with Gasteiger partial charge in [0.05, 0.1) is 10.8 Å². The maximum atomic E-state index is 12.5. The van der Waals surface area contributed by atoms with Gasteiger partial charge in [0, 0.05) is 5.69 Å². The van der Waals surface area contributed by atoms with Crippen molar-refractivity contribution < 1.29 is 23.9 Å². The molecule has 9 heteroatoms. The fraction of sp³-hybridized carbons (Fsp3) is 0.300. The van der Waals surface area contributed by atoms with Gasteiger partial charge in [0.1, 0.15) is 11.3 Å². The zero-order chi connectivity index (χ0) is 20.4. The minimum atomic E-state index is -0.893. The fourth-order valence-electron chi connectivity index (χ4n) is 3.63. The third-order valence-electron chi connectivity index (χ3n) is 5.26. The Morgan fingerprint density at radius 3 is 2.41 bits per heavy atom. The molecule has 1 aliphatic carbocycles. The van der Waals surface area contributed by atoms with Gasteiger partial charge in [-0.1, -0.05) is 6.07 Å². The molecule has 1 aromatic heterocycles. The molecule has 2 fully saturated rings. The number of benzene rings is 1. The monoisotopic (exact) mass is 413 g/mol. The second-order valence-corrected chi connectivity index (χ2v) is 8.09. The molecule has 29 heavy (non-hydrogen) atoms. The topological polar surface area (TPSA) is 114 Å². The van der Waals surface area contributed by atoms with E-state index < -0.39 is 11.6 Å². The van der Waals surface area contributed by atoms with Gasteiger partial charge in [0.2, 0.25) is 0 Å². The molecule has 4 amide bonds. The van der Waals surface area contributed by atoms with E-state index in [1.165, 1.54) is 11.3 Å². The van der Waals surface area contributed by atoms with E-state index in [1.807, 2.05) is 11.4 Å². The van der Waals surface area contributed by atoms with Crippen LogP contribution in [0.2, 0.25) is 0 Å². The van der Waals surface area contributed by atoms with Crippen LogP contribution in [0.4, 0.5) is 10.5 Å². The molecule has 0 radical (unpaired) electrons. The maximum Gasteiger partial charge on any atom is 0.322 e. The highest BCUT2D eigenvalue weighted by molar-refractivity contribution is 7.12. The Balaban J connectivity index is 1.30. The van der Waals surface area contributed by atoms with Crippen molar-refractivity contribution in [2.75, 3.05) is 5.32 Å². The van der Waals surface area contributed by atoms with Gasteiger partial charge in [-0.15, -0.1) is 11.3 Å². The molecule has 1 aliphatic heterocycles. The van der Waals surface area contributed by atoms with E-state index in [-0.39, 0.29) is 23.7 Å². The first-order valence-electron chi connectivity index (χ1n) is 9.25. The molecule has 8 nitrogen and oxygen atoms in total. The summed E-state index contributed by atoms with van der Waals surface area (Å²) in [4.78, 5) is 48.5. The minimum Gasteiger partial charge on any atom is -0.426 e. The number of carbonyl (C=O) groups is 4. The van der Waals surface area contributed by atoms with Crippen LogP contribution in [0.5, 0.6) is 5.75 Å². The van der Waals surface area contributed by atoms with Crippen molar-refractivity contribution in [2.45, 2.75) is 31.2 Å². The van der Waals surface area contributed by atoms with Gasteiger partial charge in [0.25, 0.3) is 11.8 Å². The molecular weight excluding hydrogens is 394 g/mol. The lowest BCUT2D eigenvalue weighted by Crippen LogP contribution is -2.50. The predicted molar refractivity (Wildman–Crippen MR) is 106 cm³/mol. The summed E-state index contributed by atoms with van der Waals surface area (Å²) in [5.74, 6) is -0.821. The molecule has 0 bridgehead atoms. The SMILES string of the molecule is O=C1NC(=O)C2(CCC(C(=O)Oc3ccc(NC(=O)c4cccs4)cc3)CC2)N1. The molecule has 2 aromatic rings. The van der Waals surface area contributed by atoms with Crippen molar-refractivity contribution >= 4 is 40.8 Å². The zero-order valence-electron chi connectivity index (χ0n) is 15.4. The van der Waals surface area contributed by atoms with E-state index in [0.29, 0.717) is 42.0 Å². The van der Waals surface area contributed by atoms with Crippen molar-refractivity contribution in [3.05, 3.63) is 46.7 Å². The second-order valence-electron chi connectivity index (χ2n) is 7.14. The first-order valence-corrected chi connectivity index (χ1v) is 10.1. The van der Waals surface area contributed by atoms with Crippen LogP contribution in [0, 0.1) is 5.92 Å². The van der Waals surface area contributed by atoms with Gasteiger partial charge >= 0.3 is 12.0 Å². The quantitative estimate of drug-likeness (QED) is 0.405. The third-order valence-corrected chi connectivity index (χ3v) is 6.13. The lowest BCUT2D eigenvalue weighted by Gasteiger charge is -2.33. The standard InChI is InChI=1S/C20H19N3O5S/c24-16(15-2-1-11-29-15)21-13-3-5-14(6-4-13)28-17(25)12-7-9-20(10-8-12)18(26)22-19(27)23-20/h1-6,11-12H,7-10H2,(H,21,24)(H2,22,23,26,27). The molecule has 2 heterocycles. The lowest BCUT2D eigenvalue weighted by atomic mass is 9.76. The number of nitrogens with one attached hydrogen (secondary N) is 3. The molecule has 1 saturated heterocycles. The van der Waals surface area contributed by atoms with Crippen molar-refractivity contribution in [1.29, 1.82) is 0 Å². The van der Waals surface area contributed by atoms with Crippen molar-refractivity contribution in [2.24, 2.45) is 5.92 Å². The number of ether oxygens (including phenoxy) is 1. The highest BCUT2D eigenvalue weighted by atomic mass is 32.1. The summed E-state index contributed by atoms with van der Waals surface area (Å²) < 4.78 is 5.45. The summed E-state index contributed by atoms with van der Waals surface area (Å²) in [6, 6.07) is 9.65. The number of esters is 1. The maximum absolute atomic E-state index is 12.5. The molecule has 150 valence electrons. The minimum absolute atomic E-state index is 0.191. The number of thiophene rings is 1. The second kappa shape index (κ2) is 7.67. The van der Waals surface area contributed by atoms with Crippen molar-refractivity contribution in [3.8, 4) is 5.75 Å². The Kier molecular flexibility index (Phi) is 5.06. The van der Waals surface area contributed by atoms with E-state index in [9.17, 15) is 19.2 Å². The van der Waals surface area contributed by atoms with E-state index in [2.05, 4.69) is 16.0 Å². The highest BCUT2D eigenvalue weighted by Crippen LogP contribution is 2.35. The van der Waals surface area contributed by atoms with Crippen LogP contribution in [0.1, 0.15) is 35.4 Å². The number of amides is 4. The Hall–Kier alpha value is -3.20. The molecule has 1 saturated carbocycles. The molecule has 3 N–H and O–H groups in total. The van der Waals surface area contributed by atoms with Crippen LogP contribution in [0.25, 0.3) is 0 Å². The predicted octanol–water partition coefficient (Wildman–Crippen LogP) is 2.67. The van der Waals surface area contributed by atoms with Gasteiger partial charge < -0.3 is 15.4 Å². The Morgan fingerprint density at radius 1 is 1.10 bits per heavy atom. The van der Waals surface area contributed by atoms with Gasteiger partial charge in [0.15, 0.2) is 0 Å². The molecule has 4 rings (SSSR count). The summed E-state index contributed by atoms with van der Waals surface area (Å²) in [6.45, 7) is 0. The number of urea groups is 1. The summed E-state index contributed by atoms with van der Waals surface area (Å²) in [6.07, 6.45) is 1.72. The number of hydrogen-bond donors (Lipinski definition) is 3. The van der Waals surface area contributed by atoms with Crippen LogP contribution in [0.3, 0.4) is 0 Å². The molecule has 0 unspecified atom stereocenters. The zero-order valence-corrected chi connectivity index (χ0v) is 16.2. The van der Waals surface area contributed by atoms with Crippen LogP contribution in [0.15, 0.2) is 41.8 Å². The van der Waals surface area contributed by atoms with Crippen molar-refractivity contribution in [3.63, 3.8) is 0 Å². The van der Waals surface area contributed by atoms with Crippen LogP contribution in [-0.2, 0) is 9.59 Å². The Bertz CT molecular complexity index is 947. The smallest absolute Gasteiger partial charge is 0.322 e. The Morgan fingerprint density at radius 2 is 1.83 bits per heavy atom. The van der Waals surface area contributed by atoms with Crippen LogP contribution >= 0.6 is 11.3 Å². The summed E-state index contributed by atoms with van der Waals surface area (Å²) >= 11 is 1.36. The van der Waals surface area contributed by atoms with Crippen LogP contribution in [-0.4, -0.2) is 29.4 Å². The van der Waals surface area contributed by atoms with E-state index >= 15 is 0 Å². The first-order chi connectivity index (χ1) is 13.9. The largest absolute Gasteiger partial charge is 0.426 e. The first kappa shape index (κ1) is 19.1. The molecule has 2 aliphatic rings. The summed E-state index contributed by atoms with van der Waals surface area (Å²) in [5.41, 5.74) is -0.290. The van der Waals surface area contributed by atoms with Gasteiger partial charge in [-0.25, -0.2) is 4.79 Å². The van der Waals surface area contributed by atoms with Crippen LogP contribution < -0.4 is 20.7 Å². The fourth-order valence-corrected chi connectivity index (χ4v) is 4.25. The molecule has 0 atom stereocenters. The molecular formula is C20H19N3O5S. The summed E-state index contributed by atoms with van der Waals surface area (Å²) in [7, 11) is 0. The number of carbonyl (C=O) groups excluding carboxylic acids is 4. The average molecular weight is 413 g/mol. The number of rotatable bonds is 4. The van der Waals surface area contributed by atoms with Gasteiger partial charge in [-0.3, -0.25) is 19.7 Å². The van der Waals surface area contributed by atoms with E-state index in [0.717, 1.165) is 0 Å². The molecule has 1 aromatic carbocycles. The lowest BCUT2D eigenvalue weighted by molar-refractivity contribution is -0.141. The number of imide groups is 1. The number of anilines is 1. The van der Waals surface area contributed by atoms with Gasteiger partial charge in [-0.05, 0) is 61.4 Å². The third kappa shape index (κ3) is 4.00. The summed E-state index contributed by atoms with van der Waals surface area (Å²) in [5, 5.41) is 9.54. The number of hydrogen-bond acceptors (Lipinski definition) is 6. The van der Waals surface area contributed by atoms with Crippen molar-refractivity contribution in [1.82, 2.24) is 10.6 Å². The Labute approximate surface area is 170 Å². The average Bonchev–Trinajstić information content (AvgIpc) is 3.33.